The van der Waals surface area contributed by atoms with Gasteiger partial charge in [-0.1, -0.05) is 18.2 Å². The monoisotopic (exact) mass is 341 g/mol. The quantitative estimate of drug-likeness (QED) is 0.919. The Kier molecular flexibility index (Phi) is 4.05. The van der Waals surface area contributed by atoms with Gasteiger partial charge in [-0.15, -0.1) is 0 Å². The van der Waals surface area contributed by atoms with E-state index < -0.39 is 36.4 Å². The molecule has 1 atom stereocenters. The highest BCUT2D eigenvalue weighted by atomic mass is 19.4. The van der Waals surface area contributed by atoms with Gasteiger partial charge >= 0.3 is 12.1 Å². The van der Waals surface area contributed by atoms with Crippen LogP contribution in [0.25, 0.3) is 0 Å². The highest BCUT2D eigenvalue weighted by Crippen LogP contribution is 2.45. The molecule has 1 N–H and O–H groups in total. The second kappa shape index (κ2) is 5.79. The van der Waals surface area contributed by atoms with E-state index in [1.165, 1.54) is 11.1 Å². The van der Waals surface area contributed by atoms with Gasteiger partial charge in [0.1, 0.15) is 0 Å². The van der Waals surface area contributed by atoms with E-state index in [1.807, 2.05) is 18.2 Å². The largest absolute Gasteiger partial charge is 0.481 e. The van der Waals surface area contributed by atoms with Crippen molar-refractivity contribution in [2.75, 3.05) is 13.1 Å². The number of carbonyl (C=O) groups is 2. The van der Waals surface area contributed by atoms with Crippen molar-refractivity contribution in [2.24, 2.45) is 5.41 Å². The molecule has 7 heteroatoms. The zero-order chi connectivity index (χ0) is 17.5. The Balaban J connectivity index is 1.72. The molecular weight excluding hydrogens is 323 g/mol. The molecule has 24 heavy (non-hydrogen) atoms. The Morgan fingerprint density at radius 1 is 1.21 bits per heavy atom. The predicted octanol–water partition coefficient (Wildman–Crippen LogP) is 2.58. The van der Waals surface area contributed by atoms with Gasteiger partial charge in [-0.2, -0.15) is 13.2 Å². The lowest BCUT2D eigenvalue weighted by atomic mass is 9.86. The number of hydrogen-bond donors (Lipinski definition) is 1. The van der Waals surface area contributed by atoms with E-state index >= 15 is 0 Å². The van der Waals surface area contributed by atoms with Gasteiger partial charge in [0.15, 0.2) is 5.41 Å². The zero-order valence-electron chi connectivity index (χ0n) is 13.0. The van der Waals surface area contributed by atoms with Crippen LogP contribution in [-0.4, -0.2) is 41.1 Å². The molecule has 1 aliphatic heterocycles. The summed E-state index contributed by atoms with van der Waals surface area (Å²) >= 11 is 0. The summed E-state index contributed by atoms with van der Waals surface area (Å²) in [5.41, 5.74) is 0.368. The van der Waals surface area contributed by atoms with Gasteiger partial charge < -0.3 is 10.0 Å². The molecule has 1 saturated heterocycles. The summed E-state index contributed by atoms with van der Waals surface area (Å²) < 4.78 is 39.5. The number of carboxylic acids is 1. The first-order valence-corrected chi connectivity index (χ1v) is 7.91. The Morgan fingerprint density at radius 3 is 2.54 bits per heavy atom. The first kappa shape index (κ1) is 16.8. The van der Waals surface area contributed by atoms with Crippen molar-refractivity contribution in [3.8, 4) is 0 Å². The maximum absolute atomic E-state index is 13.2. The van der Waals surface area contributed by atoms with E-state index in [9.17, 15) is 22.8 Å². The molecule has 0 radical (unpaired) electrons. The van der Waals surface area contributed by atoms with E-state index in [0.29, 0.717) is 0 Å². The normalized spacial score (nSPS) is 23.4. The molecule has 1 unspecified atom stereocenters. The van der Waals surface area contributed by atoms with Crippen molar-refractivity contribution in [1.29, 1.82) is 0 Å². The summed E-state index contributed by atoms with van der Waals surface area (Å²) in [5, 5.41) is 9.04. The lowest BCUT2D eigenvalue weighted by Gasteiger charge is -2.27. The van der Waals surface area contributed by atoms with Gasteiger partial charge in [-0.25, -0.2) is 0 Å². The predicted molar refractivity (Wildman–Crippen MR) is 79.5 cm³/mol. The fourth-order valence-electron chi connectivity index (χ4n) is 3.57. The van der Waals surface area contributed by atoms with Crippen LogP contribution in [0.1, 0.15) is 29.5 Å². The van der Waals surface area contributed by atoms with Crippen LogP contribution in [0.3, 0.4) is 0 Å². The van der Waals surface area contributed by atoms with Crippen LogP contribution < -0.4 is 0 Å². The molecule has 1 aromatic carbocycles. The molecule has 1 heterocycles. The number of hydrogen-bond acceptors (Lipinski definition) is 2. The number of nitrogens with zero attached hydrogens (tertiary/aromatic N) is 1. The molecule has 1 aliphatic carbocycles. The van der Waals surface area contributed by atoms with Crippen LogP contribution in [0.4, 0.5) is 13.2 Å². The number of fused-ring (bicyclic) bond motifs is 1. The SMILES string of the molecule is O=C(Cc1ccc2c(c1)CCC2)N1CCC(C(=O)O)(C(F)(F)F)C1. The number of benzene rings is 1. The van der Waals surface area contributed by atoms with Crippen LogP contribution in [-0.2, 0) is 28.9 Å². The summed E-state index contributed by atoms with van der Waals surface area (Å²) in [6.07, 6.45) is -2.42. The van der Waals surface area contributed by atoms with Gasteiger partial charge in [-0.05, 0) is 42.4 Å². The summed E-state index contributed by atoms with van der Waals surface area (Å²) in [6.45, 7) is -0.995. The van der Waals surface area contributed by atoms with Gasteiger partial charge in [-0.3, -0.25) is 9.59 Å². The number of aryl methyl sites for hydroxylation is 2. The molecular formula is C17H18F3NO3. The number of rotatable bonds is 3. The van der Waals surface area contributed by atoms with Crippen LogP contribution >= 0.6 is 0 Å². The summed E-state index contributed by atoms with van der Waals surface area (Å²) in [6, 6.07) is 5.73. The van der Waals surface area contributed by atoms with Gasteiger partial charge in [0.05, 0.1) is 6.42 Å². The molecule has 0 aromatic heterocycles. The number of likely N-dealkylation sites (tertiary alicyclic amines) is 1. The lowest BCUT2D eigenvalue weighted by molar-refractivity contribution is -0.227. The van der Waals surface area contributed by atoms with E-state index in [4.69, 9.17) is 5.11 Å². The summed E-state index contributed by atoms with van der Waals surface area (Å²) in [7, 11) is 0. The van der Waals surface area contributed by atoms with Gasteiger partial charge in [0, 0.05) is 13.1 Å². The van der Waals surface area contributed by atoms with Crippen LogP contribution in [0.15, 0.2) is 18.2 Å². The Hall–Kier alpha value is -2.05. The Labute approximate surface area is 137 Å². The zero-order valence-corrected chi connectivity index (χ0v) is 13.0. The maximum atomic E-state index is 13.2. The van der Waals surface area contributed by atoms with Crippen molar-refractivity contribution in [2.45, 2.75) is 38.3 Å². The highest BCUT2D eigenvalue weighted by Gasteiger charge is 2.64. The second-order valence-corrected chi connectivity index (χ2v) is 6.58. The van der Waals surface area contributed by atoms with E-state index in [1.54, 1.807) is 0 Å². The fraction of sp³-hybridized carbons (Fsp3) is 0.529. The molecule has 4 nitrogen and oxygen atoms in total. The van der Waals surface area contributed by atoms with E-state index in [0.717, 1.165) is 29.7 Å². The third kappa shape index (κ3) is 2.76. The number of carbonyl (C=O) groups excluding carboxylic acids is 1. The van der Waals surface area contributed by atoms with Crippen molar-refractivity contribution in [3.05, 3.63) is 34.9 Å². The van der Waals surface area contributed by atoms with Crippen molar-refractivity contribution in [1.82, 2.24) is 4.90 Å². The molecule has 3 rings (SSSR count). The van der Waals surface area contributed by atoms with E-state index in [-0.39, 0.29) is 13.0 Å². The molecule has 0 spiro atoms. The van der Waals surface area contributed by atoms with Gasteiger partial charge in [0.25, 0.3) is 0 Å². The molecule has 1 aromatic rings. The standard InChI is InChI=1S/C17H18F3NO3/c18-17(19,20)16(15(23)24)6-7-21(10-16)14(22)9-11-4-5-12-2-1-3-13(12)8-11/h4-5,8H,1-3,6-7,9-10H2,(H,23,24). The maximum Gasteiger partial charge on any atom is 0.406 e. The summed E-state index contributed by atoms with van der Waals surface area (Å²) in [4.78, 5) is 24.5. The number of carboxylic acid groups (broad SMARTS) is 1. The van der Waals surface area contributed by atoms with Crippen LogP contribution in [0.2, 0.25) is 0 Å². The van der Waals surface area contributed by atoms with Crippen molar-refractivity contribution >= 4 is 11.9 Å². The first-order chi connectivity index (χ1) is 11.2. The summed E-state index contributed by atoms with van der Waals surface area (Å²) in [5.74, 6) is -2.37. The van der Waals surface area contributed by atoms with E-state index in [2.05, 4.69) is 0 Å². The third-order valence-corrected chi connectivity index (χ3v) is 5.09. The Morgan fingerprint density at radius 2 is 1.92 bits per heavy atom. The fourth-order valence-corrected chi connectivity index (χ4v) is 3.57. The number of aliphatic carboxylic acids is 1. The minimum absolute atomic E-state index is 0.000830. The molecule has 1 amide bonds. The first-order valence-electron chi connectivity index (χ1n) is 7.91. The average Bonchev–Trinajstić information content (AvgIpc) is 3.13. The van der Waals surface area contributed by atoms with Gasteiger partial charge in [0.2, 0.25) is 5.91 Å². The number of amides is 1. The average molecular weight is 341 g/mol. The minimum Gasteiger partial charge on any atom is -0.481 e. The number of alkyl halides is 3. The van der Waals surface area contributed by atoms with Crippen molar-refractivity contribution < 1.29 is 27.9 Å². The highest BCUT2D eigenvalue weighted by molar-refractivity contribution is 5.82. The van der Waals surface area contributed by atoms with Crippen molar-refractivity contribution in [3.63, 3.8) is 0 Å². The molecule has 0 saturated carbocycles. The second-order valence-electron chi connectivity index (χ2n) is 6.58. The minimum atomic E-state index is -4.87. The lowest BCUT2D eigenvalue weighted by Crippen LogP contribution is -2.47. The third-order valence-electron chi connectivity index (χ3n) is 5.09. The molecule has 0 bridgehead atoms. The molecule has 1 fully saturated rings. The topological polar surface area (TPSA) is 57.6 Å². The van der Waals surface area contributed by atoms with Crippen LogP contribution in [0, 0.1) is 5.41 Å². The molecule has 130 valence electrons. The molecule has 2 aliphatic rings. The smallest absolute Gasteiger partial charge is 0.406 e. The Bertz CT molecular complexity index is 686. The number of halogens is 3. The van der Waals surface area contributed by atoms with Crippen LogP contribution in [0.5, 0.6) is 0 Å².